The SMILES string of the molecule is [CH2-]C(O)O.[K+]. The first-order valence-corrected chi connectivity index (χ1v) is 0.925. The predicted molar refractivity (Wildman–Crippen MR) is 13.6 cm³/mol. The molecule has 0 aromatic rings. The fourth-order valence-electron chi connectivity index (χ4n) is 0. The summed E-state index contributed by atoms with van der Waals surface area (Å²) >= 11 is 0. The number of aliphatic hydroxyl groups excluding tert-OH is 1. The minimum atomic E-state index is -1.42. The fourth-order valence-corrected chi connectivity index (χ4v) is 0. The Labute approximate surface area is 73.6 Å². The van der Waals surface area contributed by atoms with Crippen LogP contribution in [-0.2, 0) is 0 Å². The molecule has 0 unspecified atom stereocenters. The number of hydrogen-bond donors (Lipinski definition) is 2. The second-order valence-corrected chi connectivity index (χ2v) is 0.481. The van der Waals surface area contributed by atoms with Crippen molar-refractivity contribution in [2.75, 3.05) is 0 Å². The Morgan fingerprint density at radius 1 is 1.40 bits per heavy atom. The van der Waals surface area contributed by atoms with E-state index >= 15 is 0 Å². The molecule has 5 heavy (non-hydrogen) atoms. The van der Waals surface area contributed by atoms with Crippen LogP contribution in [0.3, 0.4) is 0 Å². The third-order valence-electron chi connectivity index (χ3n) is 0. The van der Waals surface area contributed by atoms with Crippen LogP contribution in [0.2, 0.25) is 0 Å². The van der Waals surface area contributed by atoms with Crippen molar-refractivity contribution >= 4 is 0 Å². The van der Waals surface area contributed by atoms with Gasteiger partial charge in [0.25, 0.3) is 0 Å². The van der Waals surface area contributed by atoms with Crippen molar-refractivity contribution in [1.82, 2.24) is 0 Å². The van der Waals surface area contributed by atoms with Gasteiger partial charge in [-0.15, -0.1) is 0 Å². The molecule has 0 atom stereocenters. The van der Waals surface area contributed by atoms with Crippen molar-refractivity contribution in [2.24, 2.45) is 0 Å². The van der Waals surface area contributed by atoms with Gasteiger partial charge in [0.05, 0.1) is 0 Å². The van der Waals surface area contributed by atoms with Gasteiger partial charge in [-0.3, -0.25) is 6.92 Å². The molecule has 0 bridgehead atoms. The van der Waals surface area contributed by atoms with Crippen LogP contribution in [0, 0.1) is 6.92 Å². The normalized spacial score (nSPS) is 7.20. The maximum atomic E-state index is 7.50. The van der Waals surface area contributed by atoms with Crippen molar-refractivity contribution in [3.05, 3.63) is 6.92 Å². The van der Waals surface area contributed by atoms with E-state index in [9.17, 15) is 0 Å². The van der Waals surface area contributed by atoms with Crippen LogP contribution >= 0.6 is 0 Å². The molecule has 0 aromatic carbocycles. The van der Waals surface area contributed by atoms with Gasteiger partial charge in [0.1, 0.15) is 0 Å². The van der Waals surface area contributed by atoms with Crippen LogP contribution in [0.1, 0.15) is 0 Å². The van der Waals surface area contributed by atoms with E-state index in [2.05, 4.69) is 6.92 Å². The van der Waals surface area contributed by atoms with Crippen LogP contribution < -0.4 is 51.4 Å². The van der Waals surface area contributed by atoms with Crippen LogP contribution in [0.25, 0.3) is 0 Å². The minimum absolute atomic E-state index is 0. The average molecular weight is 100 g/mol. The van der Waals surface area contributed by atoms with Crippen molar-refractivity contribution in [3.8, 4) is 0 Å². The van der Waals surface area contributed by atoms with E-state index in [0.717, 1.165) is 0 Å². The van der Waals surface area contributed by atoms with Crippen LogP contribution in [0.5, 0.6) is 0 Å². The zero-order chi connectivity index (χ0) is 3.58. The van der Waals surface area contributed by atoms with Gasteiger partial charge in [-0.05, 0) is 0 Å². The standard InChI is InChI=1S/C2H5O2.K/c1-2(3)4;/h2-4H,1H2;/q-1;+1. The van der Waals surface area contributed by atoms with E-state index in [1.807, 2.05) is 0 Å². The van der Waals surface area contributed by atoms with Crippen LogP contribution in [0.4, 0.5) is 0 Å². The number of aliphatic hydroxyl groups is 2. The molecule has 0 spiro atoms. The van der Waals surface area contributed by atoms with Gasteiger partial charge < -0.3 is 10.2 Å². The van der Waals surface area contributed by atoms with E-state index in [1.165, 1.54) is 0 Å². The third kappa shape index (κ3) is 29.0. The van der Waals surface area contributed by atoms with Crippen molar-refractivity contribution in [1.29, 1.82) is 0 Å². The van der Waals surface area contributed by atoms with Gasteiger partial charge in [-0.1, -0.05) is 0 Å². The maximum Gasteiger partial charge on any atom is 1.00 e. The first kappa shape index (κ1) is 9.75. The topological polar surface area (TPSA) is 40.5 Å². The molecule has 0 saturated heterocycles. The molecule has 0 rings (SSSR count). The van der Waals surface area contributed by atoms with E-state index in [4.69, 9.17) is 10.2 Å². The Morgan fingerprint density at radius 2 is 1.40 bits per heavy atom. The minimum Gasteiger partial charge on any atom is -0.399 e. The second kappa shape index (κ2) is 5.56. The average Bonchev–Trinajstić information content (AvgIpc) is 0.811. The summed E-state index contributed by atoms with van der Waals surface area (Å²) in [5.41, 5.74) is 0. The van der Waals surface area contributed by atoms with Crippen molar-refractivity contribution < 1.29 is 61.6 Å². The predicted octanol–water partition coefficient (Wildman–Crippen LogP) is -3.86. The van der Waals surface area contributed by atoms with Crippen LogP contribution in [-0.4, -0.2) is 16.5 Å². The van der Waals surface area contributed by atoms with Gasteiger partial charge >= 0.3 is 51.4 Å². The molecule has 0 fully saturated rings. The number of hydrogen-bond acceptors (Lipinski definition) is 2. The number of rotatable bonds is 0. The molecule has 0 aromatic heterocycles. The van der Waals surface area contributed by atoms with Gasteiger partial charge in [0.15, 0.2) is 0 Å². The Kier molecular flexibility index (Phi) is 10.8. The smallest absolute Gasteiger partial charge is 0.399 e. The Morgan fingerprint density at radius 3 is 1.40 bits per heavy atom. The van der Waals surface area contributed by atoms with Gasteiger partial charge in [-0.25, -0.2) is 0 Å². The third-order valence-corrected chi connectivity index (χ3v) is 0. The van der Waals surface area contributed by atoms with E-state index < -0.39 is 6.29 Å². The molecule has 0 radical (unpaired) electrons. The molecule has 0 aliphatic heterocycles. The molecule has 0 amide bonds. The molecule has 0 heterocycles. The first-order chi connectivity index (χ1) is 1.73. The largest absolute Gasteiger partial charge is 1.00 e. The van der Waals surface area contributed by atoms with E-state index in [1.54, 1.807) is 0 Å². The van der Waals surface area contributed by atoms with E-state index in [-0.39, 0.29) is 51.4 Å². The van der Waals surface area contributed by atoms with E-state index in [0.29, 0.717) is 0 Å². The Hall–Kier alpha value is 1.56. The summed E-state index contributed by atoms with van der Waals surface area (Å²) in [4.78, 5) is 0. The quantitative estimate of drug-likeness (QED) is 0.186. The Balaban J connectivity index is 0. The summed E-state index contributed by atoms with van der Waals surface area (Å²) in [6.45, 7) is 2.75. The molecule has 0 aliphatic rings. The molecule has 2 nitrogen and oxygen atoms in total. The maximum absolute atomic E-state index is 7.50. The summed E-state index contributed by atoms with van der Waals surface area (Å²) in [5, 5.41) is 15.0. The fraction of sp³-hybridized carbons (Fsp3) is 0.500. The van der Waals surface area contributed by atoms with Crippen molar-refractivity contribution in [3.63, 3.8) is 0 Å². The molecule has 3 heteroatoms. The first-order valence-electron chi connectivity index (χ1n) is 0.925. The van der Waals surface area contributed by atoms with Crippen molar-refractivity contribution in [2.45, 2.75) is 6.29 Å². The Bertz CT molecular complexity index is 12.4. The zero-order valence-corrected chi connectivity index (χ0v) is 6.30. The molecule has 2 N–H and O–H groups in total. The van der Waals surface area contributed by atoms with Gasteiger partial charge in [-0.2, -0.15) is 0 Å². The summed E-state index contributed by atoms with van der Waals surface area (Å²) in [7, 11) is 0. The van der Waals surface area contributed by atoms with Gasteiger partial charge in [0.2, 0.25) is 0 Å². The van der Waals surface area contributed by atoms with Crippen LogP contribution in [0.15, 0.2) is 0 Å². The monoisotopic (exact) mass is 100.0 g/mol. The summed E-state index contributed by atoms with van der Waals surface area (Å²) in [6, 6.07) is 0. The molecule has 0 aliphatic carbocycles. The molecular formula is C2H5KO2. The zero-order valence-electron chi connectivity index (χ0n) is 3.18. The molecule has 0 saturated carbocycles. The summed E-state index contributed by atoms with van der Waals surface area (Å²) < 4.78 is 0. The summed E-state index contributed by atoms with van der Waals surface area (Å²) in [5.74, 6) is 0. The molecule has 26 valence electrons. The molecular weight excluding hydrogens is 95.1 g/mol. The second-order valence-electron chi connectivity index (χ2n) is 0.481. The summed E-state index contributed by atoms with van der Waals surface area (Å²) in [6.07, 6.45) is -1.42. The van der Waals surface area contributed by atoms with Gasteiger partial charge in [0, 0.05) is 6.29 Å².